The molecule has 0 amide bonds. The maximum absolute atomic E-state index is 5.80. The molecule has 1 aromatic heterocycles. The predicted octanol–water partition coefficient (Wildman–Crippen LogP) is 2.92. The first kappa shape index (κ1) is 11.4. The number of rotatable bonds is 3. The lowest BCUT2D eigenvalue weighted by Gasteiger charge is -2.03. The van der Waals surface area contributed by atoms with E-state index in [1.807, 2.05) is 29.5 Å². The molecular formula is C7H7Cl2IN2O. The fraction of sp³-hybridized carbons (Fsp3) is 0.429. The van der Waals surface area contributed by atoms with Crippen molar-refractivity contribution in [3.63, 3.8) is 0 Å². The number of halogens is 3. The zero-order valence-corrected chi connectivity index (χ0v) is 10.5. The second-order valence-corrected chi connectivity index (χ2v) is 3.97. The zero-order valence-electron chi connectivity index (χ0n) is 6.85. The summed E-state index contributed by atoms with van der Waals surface area (Å²) in [5, 5.41) is 0.741. The monoisotopic (exact) mass is 332 g/mol. The molecule has 0 fully saturated rings. The zero-order chi connectivity index (χ0) is 9.84. The van der Waals surface area contributed by atoms with Crippen molar-refractivity contribution >= 4 is 45.8 Å². The molecule has 1 heterocycles. The van der Waals surface area contributed by atoms with Crippen LogP contribution in [0.15, 0.2) is 0 Å². The predicted molar refractivity (Wildman–Crippen MR) is 60.1 cm³/mol. The quantitative estimate of drug-likeness (QED) is 0.630. The van der Waals surface area contributed by atoms with E-state index in [9.17, 15) is 0 Å². The van der Waals surface area contributed by atoms with Crippen molar-refractivity contribution < 1.29 is 4.74 Å². The maximum Gasteiger partial charge on any atom is 0.157 e. The van der Waals surface area contributed by atoms with Crippen LogP contribution in [0.4, 0.5) is 0 Å². The van der Waals surface area contributed by atoms with Crippen molar-refractivity contribution in [1.29, 1.82) is 0 Å². The molecule has 0 aliphatic rings. The molecular weight excluding hydrogens is 326 g/mol. The van der Waals surface area contributed by atoms with Gasteiger partial charge in [-0.1, -0.05) is 23.2 Å². The Labute approximate surface area is 99.9 Å². The third-order valence-corrected chi connectivity index (χ3v) is 3.46. The fourth-order valence-corrected chi connectivity index (χ4v) is 1.36. The molecule has 1 aromatic rings. The largest absolute Gasteiger partial charge is 0.374 e. The number of hydrogen-bond donors (Lipinski definition) is 0. The topological polar surface area (TPSA) is 35.0 Å². The van der Waals surface area contributed by atoms with Crippen molar-refractivity contribution in [3.05, 3.63) is 19.7 Å². The third kappa shape index (κ3) is 3.19. The van der Waals surface area contributed by atoms with Gasteiger partial charge in [-0.15, -0.1) is 0 Å². The summed E-state index contributed by atoms with van der Waals surface area (Å²) >= 11 is 13.6. The van der Waals surface area contributed by atoms with Crippen LogP contribution in [0.5, 0.6) is 0 Å². The lowest BCUT2D eigenvalue weighted by Crippen LogP contribution is -2.01. The second kappa shape index (κ2) is 5.29. The van der Waals surface area contributed by atoms with E-state index in [0.29, 0.717) is 32.9 Å². The minimum absolute atomic E-state index is 0.340. The Balaban J connectivity index is 2.86. The molecule has 0 saturated carbocycles. The summed E-state index contributed by atoms with van der Waals surface area (Å²) in [4.78, 5) is 8.02. The summed E-state index contributed by atoms with van der Waals surface area (Å²) in [7, 11) is 0. The van der Waals surface area contributed by atoms with Gasteiger partial charge < -0.3 is 4.74 Å². The summed E-state index contributed by atoms with van der Waals surface area (Å²) in [6.07, 6.45) is 0. The molecule has 0 aliphatic heterocycles. The maximum atomic E-state index is 5.80. The van der Waals surface area contributed by atoms with Gasteiger partial charge in [-0.05, 0) is 29.5 Å². The Morgan fingerprint density at radius 1 is 1.31 bits per heavy atom. The second-order valence-electron chi connectivity index (χ2n) is 2.17. The Kier molecular flexibility index (Phi) is 4.64. The summed E-state index contributed by atoms with van der Waals surface area (Å²) in [5.41, 5.74) is 0. The summed E-state index contributed by atoms with van der Waals surface area (Å²) in [5.74, 6) is 0.511. The van der Waals surface area contributed by atoms with Gasteiger partial charge in [-0.25, -0.2) is 9.97 Å². The lowest BCUT2D eigenvalue weighted by molar-refractivity contribution is 0.128. The van der Waals surface area contributed by atoms with Gasteiger partial charge in [0, 0.05) is 6.61 Å². The van der Waals surface area contributed by atoms with Crippen LogP contribution in [-0.4, -0.2) is 16.6 Å². The van der Waals surface area contributed by atoms with Crippen molar-refractivity contribution in [1.82, 2.24) is 9.97 Å². The Hall–Kier alpha value is 0.350. The van der Waals surface area contributed by atoms with Crippen LogP contribution in [0.3, 0.4) is 0 Å². The first-order valence-corrected chi connectivity index (χ1v) is 5.43. The molecule has 0 unspecified atom stereocenters. The van der Waals surface area contributed by atoms with Crippen LogP contribution in [-0.2, 0) is 11.3 Å². The van der Waals surface area contributed by atoms with Gasteiger partial charge in [0.25, 0.3) is 0 Å². The SMILES string of the molecule is CCOCc1nc(Cl)c(I)c(Cl)n1. The van der Waals surface area contributed by atoms with Crippen LogP contribution >= 0.6 is 45.8 Å². The average Bonchev–Trinajstić information content (AvgIpc) is 2.10. The van der Waals surface area contributed by atoms with Gasteiger partial charge in [0.2, 0.25) is 0 Å². The van der Waals surface area contributed by atoms with E-state index in [0.717, 1.165) is 0 Å². The smallest absolute Gasteiger partial charge is 0.157 e. The van der Waals surface area contributed by atoms with Crippen LogP contribution < -0.4 is 0 Å². The molecule has 0 aliphatic carbocycles. The Morgan fingerprint density at radius 3 is 2.31 bits per heavy atom. The van der Waals surface area contributed by atoms with E-state index < -0.39 is 0 Å². The van der Waals surface area contributed by atoms with E-state index in [4.69, 9.17) is 27.9 Å². The summed E-state index contributed by atoms with van der Waals surface area (Å²) < 4.78 is 5.79. The van der Waals surface area contributed by atoms with Crippen LogP contribution in [0, 0.1) is 3.57 Å². The normalized spacial score (nSPS) is 10.5. The minimum atomic E-state index is 0.340. The van der Waals surface area contributed by atoms with Crippen molar-refractivity contribution in [2.24, 2.45) is 0 Å². The van der Waals surface area contributed by atoms with E-state index in [-0.39, 0.29) is 0 Å². The van der Waals surface area contributed by atoms with Gasteiger partial charge in [-0.3, -0.25) is 0 Å². The highest BCUT2D eigenvalue weighted by Crippen LogP contribution is 2.22. The summed E-state index contributed by atoms with van der Waals surface area (Å²) in [6.45, 7) is 2.85. The van der Waals surface area contributed by atoms with Crippen LogP contribution in [0.1, 0.15) is 12.7 Å². The number of ether oxygens (including phenoxy) is 1. The summed E-state index contributed by atoms with van der Waals surface area (Å²) in [6, 6.07) is 0. The van der Waals surface area contributed by atoms with E-state index in [2.05, 4.69) is 9.97 Å². The molecule has 1 rings (SSSR count). The standard InChI is InChI=1S/C7H7Cl2IN2O/c1-2-13-3-4-11-6(8)5(10)7(9)12-4/h2-3H2,1H3. The fourth-order valence-electron chi connectivity index (χ4n) is 0.693. The first-order valence-electron chi connectivity index (χ1n) is 3.60. The molecule has 0 radical (unpaired) electrons. The molecule has 72 valence electrons. The molecule has 0 spiro atoms. The molecule has 3 nitrogen and oxygen atoms in total. The average molecular weight is 333 g/mol. The Morgan fingerprint density at radius 2 is 1.85 bits per heavy atom. The van der Waals surface area contributed by atoms with E-state index in [1.54, 1.807) is 0 Å². The van der Waals surface area contributed by atoms with Gasteiger partial charge >= 0.3 is 0 Å². The van der Waals surface area contributed by atoms with Crippen molar-refractivity contribution in [2.75, 3.05) is 6.61 Å². The van der Waals surface area contributed by atoms with Crippen molar-refractivity contribution in [3.8, 4) is 0 Å². The van der Waals surface area contributed by atoms with E-state index in [1.165, 1.54) is 0 Å². The molecule has 13 heavy (non-hydrogen) atoms. The molecule has 0 atom stereocenters. The highest BCUT2D eigenvalue weighted by atomic mass is 127. The molecule has 0 aromatic carbocycles. The third-order valence-electron chi connectivity index (χ3n) is 1.25. The van der Waals surface area contributed by atoms with Crippen LogP contribution in [0.2, 0.25) is 10.3 Å². The molecule has 6 heteroatoms. The van der Waals surface area contributed by atoms with Gasteiger partial charge in [-0.2, -0.15) is 0 Å². The highest BCUT2D eigenvalue weighted by molar-refractivity contribution is 14.1. The van der Waals surface area contributed by atoms with Crippen molar-refractivity contribution in [2.45, 2.75) is 13.5 Å². The number of nitrogens with zero attached hydrogens (tertiary/aromatic N) is 2. The number of hydrogen-bond acceptors (Lipinski definition) is 3. The highest BCUT2D eigenvalue weighted by Gasteiger charge is 2.08. The number of aromatic nitrogens is 2. The molecule has 0 bridgehead atoms. The van der Waals surface area contributed by atoms with Gasteiger partial charge in [0.05, 0.1) is 3.57 Å². The van der Waals surface area contributed by atoms with E-state index >= 15 is 0 Å². The Bertz CT molecular complexity index is 286. The van der Waals surface area contributed by atoms with Gasteiger partial charge in [0.1, 0.15) is 16.9 Å². The van der Waals surface area contributed by atoms with Crippen LogP contribution in [0.25, 0.3) is 0 Å². The molecule has 0 N–H and O–H groups in total. The first-order chi connectivity index (χ1) is 6.15. The lowest BCUT2D eigenvalue weighted by atomic mass is 10.6. The van der Waals surface area contributed by atoms with Gasteiger partial charge in [0.15, 0.2) is 5.82 Å². The minimum Gasteiger partial charge on any atom is -0.374 e. The molecule has 0 saturated heterocycles.